The molecule has 4 rings (SSSR count). The molecule has 3 heterocycles. The zero-order valence-corrected chi connectivity index (χ0v) is 18.9. The standard InChI is InChI=1S/C21H27N7O3S/c1-14(2)25-19-17-11-15(16-12-23-24-13-16)3-4-18(17)26-27-20(19)21(29)22-5-6-28-7-9-32(30,31)10-8-28/h3-4,11-14H,5-10H2,1-2H3,(H,22,29)(H,23,24)(H,25,26). The summed E-state index contributed by atoms with van der Waals surface area (Å²) in [5, 5.41) is 22.3. The van der Waals surface area contributed by atoms with E-state index in [2.05, 4.69) is 31.0 Å². The highest BCUT2D eigenvalue weighted by Gasteiger charge is 2.22. The molecule has 0 bridgehead atoms. The summed E-state index contributed by atoms with van der Waals surface area (Å²) >= 11 is 0. The lowest BCUT2D eigenvalue weighted by molar-refractivity contribution is 0.0944. The molecule has 1 amide bonds. The zero-order chi connectivity index (χ0) is 22.7. The van der Waals surface area contributed by atoms with Crippen molar-refractivity contribution >= 4 is 32.3 Å². The largest absolute Gasteiger partial charge is 0.380 e. The Morgan fingerprint density at radius 1 is 1.19 bits per heavy atom. The Morgan fingerprint density at radius 3 is 2.66 bits per heavy atom. The Balaban J connectivity index is 1.54. The number of hydrogen-bond acceptors (Lipinski definition) is 8. The van der Waals surface area contributed by atoms with E-state index >= 15 is 0 Å². The molecular formula is C21H27N7O3S. The Bertz CT molecular complexity index is 1200. The second-order valence-corrected chi connectivity index (χ2v) is 10.5. The van der Waals surface area contributed by atoms with Gasteiger partial charge in [0, 0.05) is 49.4 Å². The van der Waals surface area contributed by atoms with E-state index in [4.69, 9.17) is 0 Å². The van der Waals surface area contributed by atoms with Gasteiger partial charge in [0.05, 0.1) is 28.9 Å². The Hall–Kier alpha value is -3.05. The third-order valence-electron chi connectivity index (χ3n) is 5.39. The van der Waals surface area contributed by atoms with E-state index in [9.17, 15) is 13.2 Å². The fourth-order valence-corrected chi connectivity index (χ4v) is 4.95. The maximum absolute atomic E-state index is 13.0. The summed E-state index contributed by atoms with van der Waals surface area (Å²) in [5.74, 6) is 0.0118. The number of H-pyrrole nitrogens is 1. The highest BCUT2D eigenvalue weighted by Crippen LogP contribution is 2.29. The predicted octanol–water partition coefficient (Wildman–Crippen LogP) is 1.30. The maximum atomic E-state index is 13.0. The molecule has 0 saturated carbocycles. The van der Waals surface area contributed by atoms with Crippen molar-refractivity contribution in [3.05, 3.63) is 36.3 Å². The molecule has 1 aliphatic heterocycles. The van der Waals surface area contributed by atoms with Crippen molar-refractivity contribution in [1.29, 1.82) is 0 Å². The van der Waals surface area contributed by atoms with Gasteiger partial charge in [-0.05, 0) is 31.5 Å². The lowest BCUT2D eigenvalue weighted by Gasteiger charge is -2.26. The number of benzene rings is 1. The Kier molecular flexibility index (Phi) is 6.38. The topological polar surface area (TPSA) is 133 Å². The number of carbonyl (C=O) groups excluding carboxylic acids is 1. The first-order valence-corrected chi connectivity index (χ1v) is 12.4. The van der Waals surface area contributed by atoms with Crippen LogP contribution in [0, 0.1) is 0 Å². The number of nitrogens with zero attached hydrogens (tertiary/aromatic N) is 4. The van der Waals surface area contributed by atoms with E-state index in [0.29, 0.717) is 37.4 Å². The van der Waals surface area contributed by atoms with E-state index in [0.717, 1.165) is 16.5 Å². The molecule has 10 nitrogen and oxygen atoms in total. The number of amides is 1. The molecule has 0 radical (unpaired) electrons. The van der Waals surface area contributed by atoms with Crippen LogP contribution in [-0.4, -0.2) is 83.3 Å². The molecule has 0 unspecified atom stereocenters. The number of fused-ring (bicyclic) bond motifs is 1. The summed E-state index contributed by atoms with van der Waals surface area (Å²) in [4.78, 5) is 15.0. The lowest BCUT2D eigenvalue weighted by atomic mass is 10.0. The molecular weight excluding hydrogens is 430 g/mol. The number of nitrogens with one attached hydrogen (secondary N) is 3. The summed E-state index contributed by atoms with van der Waals surface area (Å²) in [6, 6.07) is 5.88. The smallest absolute Gasteiger partial charge is 0.274 e. The highest BCUT2D eigenvalue weighted by atomic mass is 32.2. The van der Waals surface area contributed by atoms with E-state index in [1.54, 1.807) is 6.20 Å². The van der Waals surface area contributed by atoms with Crippen LogP contribution in [0.15, 0.2) is 30.6 Å². The second kappa shape index (κ2) is 9.21. The minimum absolute atomic E-state index is 0.0850. The van der Waals surface area contributed by atoms with Gasteiger partial charge in [0.15, 0.2) is 15.5 Å². The van der Waals surface area contributed by atoms with Crippen molar-refractivity contribution in [1.82, 2.24) is 30.6 Å². The second-order valence-electron chi connectivity index (χ2n) is 8.19. The summed E-state index contributed by atoms with van der Waals surface area (Å²) in [5.41, 5.74) is 3.45. The number of aromatic amines is 1. The number of anilines is 1. The molecule has 3 N–H and O–H groups in total. The highest BCUT2D eigenvalue weighted by molar-refractivity contribution is 7.91. The quantitative estimate of drug-likeness (QED) is 0.484. The van der Waals surface area contributed by atoms with Gasteiger partial charge < -0.3 is 10.6 Å². The van der Waals surface area contributed by atoms with Crippen molar-refractivity contribution < 1.29 is 13.2 Å². The molecule has 170 valence electrons. The van der Waals surface area contributed by atoms with Crippen molar-refractivity contribution in [2.75, 3.05) is 43.0 Å². The molecule has 1 aromatic carbocycles. The molecule has 2 aromatic heterocycles. The molecule has 0 atom stereocenters. The Labute approximate surface area is 186 Å². The van der Waals surface area contributed by atoms with Crippen LogP contribution >= 0.6 is 0 Å². The molecule has 1 saturated heterocycles. The van der Waals surface area contributed by atoms with Gasteiger partial charge >= 0.3 is 0 Å². The van der Waals surface area contributed by atoms with E-state index in [1.165, 1.54) is 0 Å². The van der Waals surface area contributed by atoms with Gasteiger partial charge in [-0.15, -0.1) is 10.2 Å². The third kappa shape index (κ3) is 5.05. The summed E-state index contributed by atoms with van der Waals surface area (Å²) in [6.45, 7) is 5.96. The van der Waals surface area contributed by atoms with Crippen LogP contribution in [0.25, 0.3) is 22.0 Å². The van der Waals surface area contributed by atoms with Crippen molar-refractivity contribution in [2.24, 2.45) is 0 Å². The van der Waals surface area contributed by atoms with Gasteiger partial charge in [-0.25, -0.2) is 8.42 Å². The maximum Gasteiger partial charge on any atom is 0.274 e. The average Bonchev–Trinajstić information content (AvgIpc) is 3.29. The zero-order valence-electron chi connectivity index (χ0n) is 18.1. The van der Waals surface area contributed by atoms with Crippen molar-refractivity contribution in [3.8, 4) is 11.1 Å². The first-order chi connectivity index (χ1) is 15.3. The van der Waals surface area contributed by atoms with Crippen LogP contribution in [0.5, 0.6) is 0 Å². The normalized spacial score (nSPS) is 16.3. The molecule has 32 heavy (non-hydrogen) atoms. The Morgan fingerprint density at radius 2 is 1.97 bits per heavy atom. The van der Waals surface area contributed by atoms with Crippen LogP contribution in [0.4, 0.5) is 5.69 Å². The van der Waals surface area contributed by atoms with E-state index in [1.807, 2.05) is 43.1 Å². The number of sulfone groups is 1. The van der Waals surface area contributed by atoms with Crippen LogP contribution in [-0.2, 0) is 9.84 Å². The van der Waals surface area contributed by atoms with Gasteiger partial charge in [-0.3, -0.25) is 14.8 Å². The summed E-state index contributed by atoms with van der Waals surface area (Å²) < 4.78 is 23.1. The molecule has 11 heteroatoms. The SMILES string of the molecule is CC(C)Nc1c(C(=O)NCCN2CCS(=O)(=O)CC2)nnc2ccc(-c3cn[nH]c3)cc12. The monoisotopic (exact) mass is 457 g/mol. The summed E-state index contributed by atoms with van der Waals surface area (Å²) in [6.07, 6.45) is 3.55. The third-order valence-corrected chi connectivity index (χ3v) is 7.00. The fraction of sp³-hybridized carbons (Fsp3) is 0.429. The van der Waals surface area contributed by atoms with Crippen LogP contribution in [0.3, 0.4) is 0 Å². The summed E-state index contributed by atoms with van der Waals surface area (Å²) in [7, 11) is -2.92. The molecule has 3 aromatic rings. The van der Waals surface area contributed by atoms with Crippen molar-refractivity contribution in [2.45, 2.75) is 19.9 Å². The average molecular weight is 458 g/mol. The predicted molar refractivity (Wildman–Crippen MR) is 123 cm³/mol. The number of rotatable bonds is 7. The molecule has 1 aliphatic rings. The van der Waals surface area contributed by atoms with E-state index < -0.39 is 9.84 Å². The molecule has 1 fully saturated rings. The minimum Gasteiger partial charge on any atom is -0.380 e. The van der Waals surface area contributed by atoms with Crippen LogP contribution in [0.2, 0.25) is 0 Å². The van der Waals surface area contributed by atoms with Crippen molar-refractivity contribution in [3.63, 3.8) is 0 Å². The van der Waals surface area contributed by atoms with Gasteiger partial charge in [0.2, 0.25) is 0 Å². The van der Waals surface area contributed by atoms with Gasteiger partial charge in [-0.2, -0.15) is 5.10 Å². The van der Waals surface area contributed by atoms with Crippen LogP contribution in [0.1, 0.15) is 24.3 Å². The van der Waals surface area contributed by atoms with E-state index in [-0.39, 0.29) is 29.1 Å². The number of hydrogen-bond donors (Lipinski definition) is 3. The minimum atomic E-state index is -2.92. The lowest BCUT2D eigenvalue weighted by Crippen LogP contribution is -2.44. The van der Waals surface area contributed by atoms with Crippen LogP contribution < -0.4 is 10.6 Å². The molecule has 0 aliphatic carbocycles. The van der Waals surface area contributed by atoms with Gasteiger partial charge in [0.25, 0.3) is 5.91 Å². The molecule has 0 spiro atoms. The van der Waals surface area contributed by atoms with Gasteiger partial charge in [-0.1, -0.05) is 6.07 Å². The first-order valence-electron chi connectivity index (χ1n) is 10.6. The first kappa shape index (κ1) is 22.2. The fourth-order valence-electron chi connectivity index (χ4n) is 3.67. The number of aromatic nitrogens is 4. The van der Waals surface area contributed by atoms with Gasteiger partial charge in [0.1, 0.15) is 0 Å². The number of carbonyl (C=O) groups is 1.